The van der Waals surface area contributed by atoms with Gasteiger partial charge < -0.3 is 14.7 Å². The number of rotatable bonds is 8. The maximum atomic E-state index is 12.8. The molecular weight excluding hydrogens is 366 g/mol. The summed E-state index contributed by atoms with van der Waals surface area (Å²) in [7, 11) is 1.52. The second-order valence-electron chi connectivity index (χ2n) is 6.17. The van der Waals surface area contributed by atoms with Gasteiger partial charge in [0.15, 0.2) is 0 Å². The molecule has 3 rings (SSSR count). The van der Waals surface area contributed by atoms with Gasteiger partial charge in [0.05, 0.1) is 23.7 Å². The van der Waals surface area contributed by atoms with Crippen LogP contribution in [0.5, 0.6) is 0 Å². The van der Waals surface area contributed by atoms with E-state index in [4.69, 9.17) is 9.84 Å². The standard InChI is InChI=1S/C19H21N3O4S/c1-13-15-10-16(18(25)21(8-9-26-2)12-17(23)24)27-19(15)22(20-13)11-14-6-4-3-5-7-14/h3-7,10H,8-9,11-12H2,1-2H3,(H,23,24). The number of amides is 1. The average Bonchev–Trinajstić information content (AvgIpc) is 3.20. The molecule has 0 aliphatic rings. The molecule has 0 atom stereocenters. The molecule has 0 fully saturated rings. The molecular formula is C19H21N3O4S. The number of hydrogen-bond donors (Lipinski definition) is 1. The van der Waals surface area contributed by atoms with Crippen molar-refractivity contribution >= 4 is 33.4 Å². The fourth-order valence-electron chi connectivity index (χ4n) is 2.85. The third kappa shape index (κ3) is 4.35. The van der Waals surface area contributed by atoms with Crippen LogP contribution in [0.1, 0.15) is 20.9 Å². The molecule has 1 amide bonds. The number of hydrogen-bond acceptors (Lipinski definition) is 5. The first-order valence-electron chi connectivity index (χ1n) is 8.50. The Balaban J connectivity index is 1.90. The molecule has 0 aliphatic carbocycles. The van der Waals surface area contributed by atoms with Crippen molar-refractivity contribution in [3.8, 4) is 0 Å². The Labute approximate surface area is 160 Å². The number of carboxylic acid groups (broad SMARTS) is 1. The molecule has 0 spiro atoms. The van der Waals surface area contributed by atoms with Gasteiger partial charge in [0.25, 0.3) is 5.91 Å². The summed E-state index contributed by atoms with van der Waals surface area (Å²) in [4.78, 5) is 26.6. The number of fused-ring (bicyclic) bond motifs is 1. The highest BCUT2D eigenvalue weighted by Gasteiger charge is 2.22. The summed E-state index contributed by atoms with van der Waals surface area (Å²) in [6, 6.07) is 11.8. The highest BCUT2D eigenvalue weighted by molar-refractivity contribution is 7.20. The minimum atomic E-state index is -1.05. The molecule has 0 saturated carbocycles. The summed E-state index contributed by atoms with van der Waals surface area (Å²) in [5.41, 5.74) is 1.97. The van der Waals surface area contributed by atoms with Gasteiger partial charge in [0, 0.05) is 19.0 Å². The van der Waals surface area contributed by atoms with Gasteiger partial charge in [-0.25, -0.2) is 0 Å². The third-order valence-corrected chi connectivity index (χ3v) is 5.31. The number of carboxylic acids is 1. The number of nitrogens with zero attached hydrogens (tertiary/aromatic N) is 3. The van der Waals surface area contributed by atoms with Crippen molar-refractivity contribution < 1.29 is 19.4 Å². The summed E-state index contributed by atoms with van der Waals surface area (Å²) < 4.78 is 6.88. The SMILES string of the molecule is COCCN(CC(=O)O)C(=O)c1cc2c(C)nn(Cc3ccccc3)c2s1. The molecule has 1 aromatic carbocycles. The number of aliphatic carboxylic acids is 1. The molecule has 3 aromatic rings. The van der Waals surface area contributed by atoms with Gasteiger partial charge >= 0.3 is 5.97 Å². The minimum Gasteiger partial charge on any atom is -0.480 e. The Morgan fingerprint density at radius 2 is 2.04 bits per heavy atom. The number of carbonyl (C=O) groups excluding carboxylic acids is 1. The smallest absolute Gasteiger partial charge is 0.323 e. The lowest BCUT2D eigenvalue weighted by Crippen LogP contribution is -2.37. The molecule has 7 nitrogen and oxygen atoms in total. The largest absolute Gasteiger partial charge is 0.480 e. The van der Waals surface area contributed by atoms with Crippen molar-refractivity contribution in [1.29, 1.82) is 0 Å². The number of aromatic nitrogens is 2. The number of ether oxygens (including phenoxy) is 1. The molecule has 8 heteroatoms. The summed E-state index contributed by atoms with van der Waals surface area (Å²) in [5.74, 6) is -1.35. The maximum absolute atomic E-state index is 12.8. The molecule has 27 heavy (non-hydrogen) atoms. The van der Waals surface area contributed by atoms with E-state index in [0.717, 1.165) is 21.5 Å². The Morgan fingerprint density at radius 1 is 1.30 bits per heavy atom. The third-order valence-electron chi connectivity index (χ3n) is 4.17. The van der Waals surface area contributed by atoms with Crippen LogP contribution in [0.15, 0.2) is 36.4 Å². The summed E-state index contributed by atoms with van der Waals surface area (Å²) in [5, 5.41) is 14.6. The van der Waals surface area contributed by atoms with Crippen LogP contribution in [0.3, 0.4) is 0 Å². The van der Waals surface area contributed by atoms with Crippen LogP contribution < -0.4 is 0 Å². The van der Waals surface area contributed by atoms with Gasteiger partial charge in [-0.3, -0.25) is 14.3 Å². The maximum Gasteiger partial charge on any atom is 0.323 e. The van der Waals surface area contributed by atoms with Crippen LogP contribution in [0.4, 0.5) is 0 Å². The molecule has 2 heterocycles. The topological polar surface area (TPSA) is 84.7 Å². The van der Waals surface area contributed by atoms with E-state index in [0.29, 0.717) is 11.4 Å². The lowest BCUT2D eigenvalue weighted by molar-refractivity contribution is -0.137. The average molecular weight is 387 g/mol. The molecule has 0 bridgehead atoms. The Bertz CT molecular complexity index is 949. The van der Waals surface area contributed by atoms with E-state index in [1.54, 1.807) is 6.07 Å². The highest BCUT2D eigenvalue weighted by Crippen LogP contribution is 2.29. The zero-order valence-corrected chi connectivity index (χ0v) is 16.0. The number of aryl methyl sites for hydroxylation is 1. The Kier molecular flexibility index (Phi) is 5.88. The van der Waals surface area contributed by atoms with Gasteiger partial charge in [0.1, 0.15) is 11.4 Å². The van der Waals surface area contributed by atoms with Crippen LogP contribution in [-0.2, 0) is 16.1 Å². The van der Waals surface area contributed by atoms with Crippen molar-refractivity contribution in [3.63, 3.8) is 0 Å². The van der Waals surface area contributed by atoms with Gasteiger partial charge in [-0.15, -0.1) is 11.3 Å². The van der Waals surface area contributed by atoms with E-state index in [1.165, 1.54) is 23.3 Å². The lowest BCUT2D eigenvalue weighted by atomic mass is 10.2. The molecule has 1 N–H and O–H groups in total. The normalized spacial score (nSPS) is 11.0. The fraction of sp³-hybridized carbons (Fsp3) is 0.316. The van der Waals surface area contributed by atoms with Crippen LogP contribution in [-0.4, -0.2) is 58.5 Å². The van der Waals surface area contributed by atoms with Gasteiger partial charge in [-0.2, -0.15) is 5.10 Å². The van der Waals surface area contributed by atoms with Crippen molar-refractivity contribution in [1.82, 2.24) is 14.7 Å². The highest BCUT2D eigenvalue weighted by atomic mass is 32.1. The molecule has 2 aromatic heterocycles. The lowest BCUT2D eigenvalue weighted by Gasteiger charge is -2.19. The van der Waals surface area contributed by atoms with Crippen molar-refractivity contribution in [3.05, 3.63) is 52.5 Å². The first kappa shape index (κ1) is 19.1. The summed E-state index contributed by atoms with van der Waals surface area (Å²) in [6.45, 7) is 2.67. The van der Waals surface area contributed by atoms with Gasteiger partial charge in [-0.05, 0) is 18.6 Å². The fourth-order valence-corrected chi connectivity index (χ4v) is 3.98. The predicted octanol–water partition coefficient (Wildman–Crippen LogP) is 2.63. The molecule has 0 aliphatic heterocycles. The first-order valence-corrected chi connectivity index (χ1v) is 9.32. The molecule has 0 saturated heterocycles. The van der Waals surface area contributed by atoms with E-state index in [9.17, 15) is 9.59 Å². The molecule has 142 valence electrons. The van der Waals surface area contributed by atoms with Gasteiger partial charge in [0.2, 0.25) is 0 Å². The van der Waals surface area contributed by atoms with Crippen LogP contribution in [0.25, 0.3) is 10.2 Å². The number of benzene rings is 1. The minimum absolute atomic E-state index is 0.227. The summed E-state index contributed by atoms with van der Waals surface area (Å²) in [6.07, 6.45) is 0. The number of thiophene rings is 1. The van der Waals surface area contributed by atoms with Gasteiger partial charge in [-0.1, -0.05) is 30.3 Å². The second kappa shape index (κ2) is 8.32. The van der Waals surface area contributed by atoms with E-state index >= 15 is 0 Å². The zero-order valence-electron chi connectivity index (χ0n) is 15.2. The predicted molar refractivity (Wildman–Crippen MR) is 103 cm³/mol. The van der Waals surface area contributed by atoms with Crippen LogP contribution in [0.2, 0.25) is 0 Å². The molecule has 0 radical (unpaired) electrons. The van der Waals surface area contributed by atoms with E-state index in [-0.39, 0.29) is 25.6 Å². The van der Waals surface area contributed by atoms with Crippen molar-refractivity contribution in [2.45, 2.75) is 13.5 Å². The first-order chi connectivity index (χ1) is 13.0. The Morgan fingerprint density at radius 3 is 2.70 bits per heavy atom. The van der Waals surface area contributed by atoms with Crippen LogP contribution >= 0.6 is 11.3 Å². The summed E-state index contributed by atoms with van der Waals surface area (Å²) >= 11 is 1.34. The van der Waals surface area contributed by atoms with Crippen molar-refractivity contribution in [2.75, 3.05) is 26.8 Å². The number of methoxy groups -OCH3 is 1. The Hall–Kier alpha value is -2.71. The van der Waals surface area contributed by atoms with E-state index in [2.05, 4.69) is 5.10 Å². The molecule has 0 unspecified atom stereocenters. The number of carbonyl (C=O) groups is 2. The van der Waals surface area contributed by atoms with E-state index < -0.39 is 5.97 Å². The second-order valence-corrected chi connectivity index (χ2v) is 7.20. The monoisotopic (exact) mass is 387 g/mol. The zero-order chi connectivity index (χ0) is 19.4. The van der Waals surface area contributed by atoms with Crippen molar-refractivity contribution in [2.24, 2.45) is 0 Å². The van der Waals surface area contributed by atoms with E-state index in [1.807, 2.05) is 41.9 Å². The quantitative estimate of drug-likeness (QED) is 0.642. The van der Waals surface area contributed by atoms with Crippen LogP contribution in [0, 0.1) is 6.92 Å².